The molecule has 1 fully saturated rings. The smallest absolute Gasteiger partial charge is 0.227 e. The van der Waals surface area contributed by atoms with E-state index in [1.807, 2.05) is 24.8 Å². The SMILES string of the molecule is Cc1n[nH]c(C)c1CC(=O)N1CCN(Cc2ccccc2)CC1. The van der Waals surface area contributed by atoms with E-state index in [-0.39, 0.29) is 5.91 Å². The van der Waals surface area contributed by atoms with Crippen molar-refractivity contribution in [1.82, 2.24) is 20.0 Å². The number of aryl methyl sites for hydroxylation is 2. The van der Waals surface area contributed by atoms with Crippen molar-refractivity contribution in [1.29, 1.82) is 0 Å². The molecule has 122 valence electrons. The largest absolute Gasteiger partial charge is 0.340 e. The van der Waals surface area contributed by atoms with Crippen LogP contribution in [0.2, 0.25) is 0 Å². The van der Waals surface area contributed by atoms with E-state index in [4.69, 9.17) is 0 Å². The minimum Gasteiger partial charge on any atom is -0.340 e. The van der Waals surface area contributed by atoms with E-state index in [2.05, 4.69) is 39.4 Å². The average Bonchev–Trinajstić information content (AvgIpc) is 2.88. The van der Waals surface area contributed by atoms with Crippen LogP contribution in [0.25, 0.3) is 0 Å². The van der Waals surface area contributed by atoms with E-state index in [0.29, 0.717) is 6.42 Å². The van der Waals surface area contributed by atoms with Gasteiger partial charge in [0.15, 0.2) is 0 Å². The predicted molar refractivity (Wildman–Crippen MR) is 90.1 cm³/mol. The van der Waals surface area contributed by atoms with Gasteiger partial charge in [0.25, 0.3) is 0 Å². The molecule has 0 spiro atoms. The van der Waals surface area contributed by atoms with Crippen molar-refractivity contribution in [3.05, 3.63) is 52.8 Å². The van der Waals surface area contributed by atoms with Crippen LogP contribution in [-0.4, -0.2) is 52.1 Å². The van der Waals surface area contributed by atoms with Crippen molar-refractivity contribution >= 4 is 5.91 Å². The van der Waals surface area contributed by atoms with Crippen LogP contribution >= 0.6 is 0 Å². The molecule has 2 aromatic rings. The number of aromatic nitrogens is 2. The second-order valence-electron chi connectivity index (χ2n) is 6.23. The third-order valence-corrected chi connectivity index (χ3v) is 4.58. The fraction of sp³-hybridized carbons (Fsp3) is 0.444. The van der Waals surface area contributed by atoms with Crippen molar-refractivity contribution in [2.45, 2.75) is 26.8 Å². The Bertz CT molecular complexity index is 637. The van der Waals surface area contributed by atoms with Gasteiger partial charge in [-0.05, 0) is 19.4 Å². The lowest BCUT2D eigenvalue weighted by atomic mass is 10.1. The standard InChI is InChI=1S/C18H24N4O/c1-14-17(15(2)20-19-14)12-18(23)22-10-8-21(9-11-22)13-16-6-4-3-5-7-16/h3-7H,8-13H2,1-2H3,(H,19,20). The van der Waals surface area contributed by atoms with Crippen molar-refractivity contribution in [2.75, 3.05) is 26.2 Å². The van der Waals surface area contributed by atoms with Crippen LogP contribution in [-0.2, 0) is 17.8 Å². The monoisotopic (exact) mass is 312 g/mol. The van der Waals surface area contributed by atoms with Crippen molar-refractivity contribution in [3.8, 4) is 0 Å². The Morgan fingerprint density at radius 2 is 1.83 bits per heavy atom. The van der Waals surface area contributed by atoms with Crippen LogP contribution < -0.4 is 0 Å². The second kappa shape index (κ2) is 6.96. The van der Waals surface area contributed by atoms with Crippen LogP contribution in [0.15, 0.2) is 30.3 Å². The average molecular weight is 312 g/mol. The molecule has 0 saturated carbocycles. The number of hydrogen-bond acceptors (Lipinski definition) is 3. The molecule has 1 aromatic heterocycles. The summed E-state index contributed by atoms with van der Waals surface area (Å²) in [4.78, 5) is 16.9. The molecule has 1 N–H and O–H groups in total. The van der Waals surface area contributed by atoms with Gasteiger partial charge in [0.2, 0.25) is 5.91 Å². The summed E-state index contributed by atoms with van der Waals surface area (Å²) in [6.45, 7) is 8.37. The number of piperazine rings is 1. The molecule has 0 radical (unpaired) electrons. The van der Waals surface area contributed by atoms with Gasteiger partial charge in [-0.25, -0.2) is 0 Å². The Morgan fingerprint density at radius 3 is 2.43 bits per heavy atom. The minimum absolute atomic E-state index is 0.206. The highest BCUT2D eigenvalue weighted by Gasteiger charge is 2.22. The van der Waals surface area contributed by atoms with Crippen molar-refractivity contribution in [2.24, 2.45) is 0 Å². The molecule has 0 atom stereocenters. The maximum absolute atomic E-state index is 12.5. The van der Waals surface area contributed by atoms with Gasteiger partial charge in [-0.1, -0.05) is 30.3 Å². The lowest BCUT2D eigenvalue weighted by molar-refractivity contribution is -0.132. The highest BCUT2D eigenvalue weighted by Crippen LogP contribution is 2.13. The summed E-state index contributed by atoms with van der Waals surface area (Å²) in [5.41, 5.74) is 4.30. The Balaban J connectivity index is 1.51. The van der Waals surface area contributed by atoms with E-state index >= 15 is 0 Å². The van der Waals surface area contributed by atoms with Gasteiger partial charge >= 0.3 is 0 Å². The van der Waals surface area contributed by atoms with Crippen LogP contribution in [0.1, 0.15) is 22.5 Å². The van der Waals surface area contributed by atoms with E-state index in [0.717, 1.165) is 49.7 Å². The normalized spacial score (nSPS) is 15.8. The van der Waals surface area contributed by atoms with Gasteiger partial charge in [-0.2, -0.15) is 5.10 Å². The Kier molecular flexibility index (Phi) is 4.76. The van der Waals surface area contributed by atoms with E-state index in [1.54, 1.807) is 0 Å². The first kappa shape index (κ1) is 15.7. The number of H-pyrrole nitrogens is 1. The zero-order valence-corrected chi connectivity index (χ0v) is 13.9. The Labute approximate surface area is 137 Å². The molecule has 1 aliphatic heterocycles. The quantitative estimate of drug-likeness (QED) is 0.938. The first-order chi connectivity index (χ1) is 11.1. The molecule has 5 heteroatoms. The molecular weight excluding hydrogens is 288 g/mol. The summed E-state index contributed by atoms with van der Waals surface area (Å²) >= 11 is 0. The van der Waals surface area contributed by atoms with Crippen LogP contribution in [0.5, 0.6) is 0 Å². The molecular formula is C18H24N4O. The van der Waals surface area contributed by atoms with Gasteiger partial charge in [0.05, 0.1) is 12.1 Å². The summed E-state index contributed by atoms with van der Waals surface area (Å²) in [6, 6.07) is 10.5. The fourth-order valence-electron chi connectivity index (χ4n) is 3.09. The molecule has 0 unspecified atom stereocenters. The number of hydrogen-bond donors (Lipinski definition) is 1. The third kappa shape index (κ3) is 3.79. The van der Waals surface area contributed by atoms with Gasteiger partial charge in [0, 0.05) is 44.0 Å². The zero-order chi connectivity index (χ0) is 16.2. The van der Waals surface area contributed by atoms with Crippen LogP contribution in [0.3, 0.4) is 0 Å². The maximum atomic E-state index is 12.5. The van der Waals surface area contributed by atoms with E-state index < -0.39 is 0 Å². The number of nitrogens with one attached hydrogen (secondary N) is 1. The molecule has 23 heavy (non-hydrogen) atoms. The van der Waals surface area contributed by atoms with Crippen LogP contribution in [0.4, 0.5) is 0 Å². The highest BCUT2D eigenvalue weighted by atomic mass is 16.2. The maximum Gasteiger partial charge on any atom is 0.227 e. The topological polar surface area (TPSA) is 52.2 Å². The van der Waals surface area contributed by atoms with E-state index in [1.165, 1.54) is 5.56 Å². The molecule has 3 rings (SSSR count). The molecule has 2 heterocycles. The number of carbonyl (C=O) groups is 1. The van der Waals surface area contributed by atoms with Gasteiger partial charge < -0.3 is 4.90 Å². The molecule has 5 nitrogen and oxygen atoms in total. The second-order valence-corrected chi connectivity index (χ2v) is 6.23. The zero-order valence-electron chi connectivity index (χ0n) is 13.9. The molecule has 1 saturated heterocycles. The Hall–Kier alpha value is -2.14. The lowest BCUT2D eigenvalue weighted by Gasteiger charge is -2.34. The number of carbonyl (C=O) groups excluding carboxylic acids is 1. The minimum atomic E-state index is 0.206. The van der Waals surface area contributed by atoms with Crippen LogP contribution in [0, 0.1) is 13.8 Å². The summed E-state index contributed by atoms with van der Waals surface area (Å²) in [5, 5.41) is 7.12. The summed E-state index contributed by atoms with van der Waals surface area (Å²) in [5.74, 6) is 0.206. The Morgan fingerprint density at radius 1 is 1.13 bits per heavy atom. The molecule has 1 aromatic carbocycles. The first-order valence-electron chi connectivity index (χ1n) is 8.18. The number of benzene rings is 1. The number of nitrogens with zero attached hydrogens (tertiary/aromatic N) is 3. The molecule has 0 aliphatic carbocycles. The molecule has 0 bridgehead atoms. The summed E-state index contributed by atoms with van der Waals surface area (Å²) in [7, 11) is 0. The third-order valence-electron chi connectivity index (χ3n) is 4.58. The van der Waals surface area contributed by atoms with Gasteiger partial charge in [0.1, 0.15) is 0 Å². The highest BCUT2D eigenvalue weighted by molar-refractivity contribution is 5.79. The van der Waals surface area contributed by atoms with Crippen molar-refractivity contribution in [3.63, 3.8) is 0 Å². The van der Waals surface area contributed by atoms with E-state index in [9.17, 15) is 4.79 Å². The fourth-order valence-corrected chi connectivity index (χ4v) is 3.09. The van der Waals surface area contributed by atoms with Crippen molar-refractivity contribution < 1.29 is 4.79 Å². The number of aromatic amines is 1. The van der Waals surface area contributed by atoms with Gasteiger partial charge in [-0.3, -0.25) is 14.8 Å². The lowest BCUT2D eigenvalue weighted by Crippen LogP contribution is -2.48. The number of rotatable bonds is 4. The van der Waals surface area contributed by atoms with Gasteiger partial charge in [-0.15, -0.1) is 0 Å². The summed E-state index contributed by atoms with van der Waals surface area (Å²) in [6.07, 6.45) is 0.451. The predicted octanol–water partition coefficient (Wildman–Crippen LogP) is 1.91. The summed E-state index contributed by atoms with van der Waals surface area (Å²) < 4.78 is 0. The number of amides is 1. The molecule has 1 aliphatic rings. The molecule has 1 amide bonds. The first-order valence-corrected chi connectivity index (χ1v) is 8.18.